The van der Waals surface area contributed by atoms with Crippen molar-refractivity contribution in [1.29, 1.82) is 0 Å². The highest BCUT2D eigenvalue weighted by Gasteiger charge is 2.10. The molecule has 2 aromatic carbocycles. The predicted molar refractivity (Wildman–Crippen MR) is 135 cm³/mol. The van der Waals surface area contributed by atoms with Crippen LogP contribution in [-0.2, 0) is 12.8 Å². The summed E-state index contributed by atoms with van der Waals surface area (Å²) in [5, 5.41) is 0. The molecule has 174 valence electrons. The van der Waals surface area contributed by atoms with Gasteiger partial charge >= 0.3 is 5.97 Å². The van der Waals surface area contributed by atoms with Crippen LogP contribution in [0, 0.1) is 0 Å². The van der Waals surface area contributed by atoms with Crippen LogP contribution >= 0.6 is 0 Å². The van der Waals surface area contributed by atoms with Crippen molar-refractivity contribution < 1.29 is 9.53 Å². The van der Waals surface area contributed by atoms with Gasteiger partial charge in [-0.25, -0.2) is 14.8 Å². The van der Waals surface area contributed by atoms with Gasteiger partial charge in [0.1, 0.15) is 0 Å². The summed E-state index contributed by atoms with van der Waals surface area (Å²) in [5.74, 6) is 0.580. The zero-order chi connectivity index (χ0) is 23.3. The van der Waals surface area contributed by atoms with E-state index in [4.69, 9.17) is 4.74 Å². The van der Waals surface area contributed by atoms with E-state index in [2.05, 4.69) is 48.1 Å². The van der Waals surface area contributed by atoms with E-state index in [1.165, 1.54) is 62.5 Å². The van der Waals surface area contributed by atoms with E-state index >= 15 is 0 Å². The van der Waals surface area contributed by atoms with Crippen molar-refractivity contribution >= 4 is 5.97 Å². The molecule has 0 fully saturated rings. The summed E-state index contributed by atoms with van der Waals surface area (Å²) in [4.78, 5) is 21.2. The number of esters is 1. The summed E-state index contributed by atoms with van der Waals surface area (Å²) >= 11 is 0. The van der Waals surface area contributed by atoms with Gasteiger partial charge in [-0.15, -0.1) is 0 Å². The van der Waals surface area contributed by atoms with E-state index in [9.17, 15) is 4.79 Å². The Bertz CT molecular complexity index is 964. The number of hydrogen-bond acceptors (Lipinski definition) is 4. The molecule has 3 aromatic rings. The molecule has 1 aromatic heterocycles. The second kappa shape index (κ2) is 13.5. The predicted octanol–water partition coefficient (Wildman–Crippen LogP) is 7.61. The number of unbranched alkanes of at least 4 members (excludes halogenated alkanes) is 6. The van der Waals surface area contributed by atoms with Gasteiger partial charge in [-0.2, -0.15) is 0 Å². The molecule has 33 heavy (non-hydrogen) atoms. The number of carbonyl (C=O) groups excluding carboxylic acids is 1. The number of nitrogens with zero attached hydrogens (tertiary/aromatic N) is 2. The molecular formula is C29H36N2O2. The van der Waals surface area contributed by atoms with Crippen LogP contribution in [0.4, 0.5) is 0 Å². The van der Waals surface area contributed by atoms with Crippen molar-refractivity contribution in [2.75, 3.05) is 0 Å². The zero-order valence-corrected chi connectivity index (χ0v) is 20.1. The van der Waals surface area contributed by atoms with E-state index in [-0.39, 0.29) is 0 Å². The third-order valence-electron chi connectivity index (χ3n) is 5.88. The average molecular weight is 445 g/mol. The Labute approximate surface area is 198 Å². The topological polar surface area (TPSA) is 52.1 Å². The maximum absolute atomic E-state index is 12.5. The van der Waals surface area contributed by atoms with E-state index in [1.807, 2.05) is 24.3 Å². The molecular weight excluding hydrogens is 408 g/mol. The number of aromatic nitrogens is 2. The first-order valence-electron chi connectivity index (χ1n) is 12.4. The lowest BCUT2D eigenvalue weighted by Crippen LogP contribution is -2.09. The molecule has 0 saturated heterocycles. The number of aryl methyl sites for hydroxylation is 2. The van der Waals surface area contributed by atoms with Crippen molar-refractivity contribution in [2.45, 2.75) is 78.1 Å². The monoisotopic (exact) mass is 444 g/mol. The van der Waals surface area contributed by atoms with E-state index in [0.29, 0.717) is 17.1 Å². The lowest BCUT2D eigenvalue weighted by molar-refractivity contribution is 0.0733. The Hall–Kier alpha value is -3.01. The molecule has 4 nitrogen and oxygen atoms in total. The number of carbonyl (C=O) groups is 1. The highest BCUT2D eigenvalue weighted by Crippen LogP contribution is 2.19. The quantitative estimate of drug-likeness (QED) is 0.201. The third-order valence-corrected chi connectivity index (χ3v) is 5.88. The van der Waals surface area contributed by atoms with Gasteiger partial charge in [0, 0.05) is 5.56 Å². The van der Waals surface area contributed by atoms with Crippen LogP contribution in [0.2, 0.25) is 0 Å². The second-order valence-corrected chi connectivity index (χ2v) is 8.65. The highest BCUT2D eigenvalue weighted by molar-refractivity contribution is 5.91. The van der Waals surface area contributed by atoms with Gasteiger partial charge < -0.3 is 4.74 Å². The maximum atomic E-state index is 12.5. The Balaban J connectivity index is 1.51. The minimum Gasteiger partial charge on any atom is -0.420 e. The van der Waals surface area contributed by atoms with E-state index in [0.717, 1.165) is 18.4 Å². The molecule has 0 N–H and O–H groups in total. The Morgan fingerprint density at radius 3 is 1.73 bits per heavy atom. The summed E-state index contributed by atoms with van der Waals surface area (Å²) in [5.41, 5.74) is 4.08. The van der Waals surface area contributed by atoms with Crippen LogP contribution in [0.3, 0.4) is 0 Å². The fourth-order valence-electron chi connectivity index (χ4n) is 3.82. The molecule has 0 unspecified atom stereocenters. The Morgan fingerprint density at radius 1 is 0.697 bits per heavy atom. The van der Waals surface area contributed by atoms with Crippen molar-refractivity contribution in [2.24, 2.45) is 0 Å². The molecule has 0 atom stereocenters. The number of benzene rings is 2. The highest BCUT2D eigenvalue weighted by atomic mass is 16.5. The molecule has 0 saturated carbocycles. The van der Waals surface area contributed by atoms with Crippen LogP contribution in [-0.4, -0.2) is 15.9 Å². The first kappa shape index (κ1) is 24.6. The number of hydrogen-bond donors (Lipinski definition) is 0. The van der Waals surface area contributed by atoms with Gasteiger partial charge in [0.15, 0.2) is 11.6 Å². The zero-order valence-electron chi connectivity index (χ0n) is 20.1. The molecule has 0 aliphatic heterocycles. The fraction of sp³-hybridized carbons (Fsp3) is 0.414. The van der Waals surface area contributed by atoms with Crippen LogP contribution < -0.4 is 4.74 Å². The minimum atomic E-state index is -0.392. The van der Waals surface area contributed by atoms with Crippen molar-refractivity contribution in [3.05, 3.63) is 77.6 Å². The lowest BCUT2D eigenvalue weighted by Gasteiger charge is -2.07. The largest absolute Gasteiger partial charge is 0.420 e. The molecule has 0 aliphatic rings. The van der Waals surface area contributed by atoms with Crippen LogP contribution in [0.5, 0.6) is 5.75 Å². The summed E-state index contributed by atoms with van der Waals surface area (Å²) < 4.78 is 5.46. The van der Waals surface area contributed by atoms with Crippen LogP contribution in [0.1, 0.15) is 86.7 Å². The van der Waals surface area contributed by atoms with Gasteiger partial charge in [-0.3, -0.25) is 0 Å². The van der Waals surface area contributed by atoms with Crippen molar-refractivity contribution in [3.63, 3.8) is 0 Å². The molecule has 0 aliphatic carbocycles. The van der Waals surface area contributed by atoms with Gasteiger partial charge in [0.05, 0.1) is 18.0 Å². The van der Waals surface area contributed by atoms with Gasteiger partial charge in [-0.1, -0.05) is 88.8 Å². The first-order chi connectivity index (χ1) is 16.2. The molecule has 4 heteroatoms. The maximum Gasteiger partial charge on any atom is 0.343 e. The summed E-state index contributed by atoms with van der Waals surface area (Å²) in [6.07, 6.45) is 15.3. The standard InChI is InChI=1S/C29H36N2O2/c1-3-5-7-9-11-23-13-17-25(18-14-23)28-30-21-27(22-31-28)33-29(32)26-19-15-24(16-20-26)12-10-8-6-4-2/h13-22H,3-12H2,1-2H3. The molecule has 1 heterocycles. The van der Waals surface area contributed by atoms with Crippen molar-refractivity contribution in [3.8, 4) is 17.1 Å². The fourth-order valence-corrected chi connectivity index (χ4v) is 3.82. The van der Waals surface area contributed by atoms with Gasteiger partial charge in [0.2, 0.25) is 0 Å². The van der Waals surface area contributed by atoms with Crippen molar-refractivity contribution in [1.82, 2.24) is 9.97 Å². The van der Waals surface area contributed by atoms with E-state index < -0.39 is 5.97 Å². The molecule has 0 spiro atoms. The molecule has 0 amide bonds. The number of ether oxygens (including phenoxy) is 1. The minimum absolute atomic E-state index is 0.347. The number of rotatable bonds is 13. The molecule has 0 bridgehead atoms. The molecule has 3 rings (SSSR count). The summed E-state index contributed by atoms with van der Waals surface area (Å²) in [6.45, 7) is 4.45. The normalized spacial score (nSPS) is 10.8. The van der Waals surface area contributed by atoms with Crippen LogP contribution in [0.15, 0.2) is 60.9 Å². The summed E-state index contributed by atoms with van der Waals surface area (Å²) in [7, 11) is 0. The first-order valence-corrected chi connectivity index (χ1v) is 12.4. The van der Waals surface area contributed by atoms with Gasteiger partial charge in [0.25, 0.3) is 0 Å². The Kier molecular flexibility index (Phi) is 10.1. The smallest absolute Gasteiger partial charge is 0.343 e. The van der Waals surface area contributed by atoms with Crippen LogP contribution in [0.25, 0.3) is 11.4 Å². The third kappa shape index (κ3) is 8.12. The summed E-state index contributed by atoms with van der Waals surface area (Å²) in [6, 6.07) is 16.1. The Morgan fingerprint density at radius 2 is 1.21 bits per heavy atom. The van der Waals surface area contributed by atoms with E-state index in [1.54, 1.807) is 12.4 Å². The average Bonchev–Trinajstić information content (AvgIpc) is 2.86. The second-order valence-electron chi connectivity index (χ2n) is 8.65. The van der Waals surface area contributed by atoms with Gasteiger partial charge in [-0.05, 0) is 48.9 Å². The SMILES string of the molecule is CCCCCCc1ccc(C(=O)Oc2cnc(-c3ccc(CCCCCC)cc3)nc2)cc1. The molecule has 0 radical (unpaired) electrons. The lowest BCUT2D eigenvalue weighted by atomic mass is 10.0.